The molecular formula is C25H29F4N3O3. The molecule has 1 saturated heterocycles. The Hall–Kier alpha value is -3.30. The summed E-state index contributed by atoms with van der Waals surface area (Å²) < 4.78 is 58.6. The zero-order valence-electron chi connectivity index (χ0n) is 20.0. The molecule has 1 heterocycles. The molecular weight excluding hydrogens is 466 g/mol. The maximum atomic E-state index is 13.9. The summed E-state index contributed by atoms with van der Waals surface area (Å²) in [5.41, 5.74) is -0.513. The first-order valence-electron chi connectivity index (χ1n) is 11.2. The van der Waals surface area contributed by atoms with Crippen LogP contribution in [0.2, 0.25) is 0 Å². The van der Waals surface area contributed by atoms with Crippen LogP contribution in [0.4, 0.5) is 33.7 Å². The minimum atomic E-state index is -4.77. The van der Waals surface area contributed by atoms with Crippen molar-refractivity contribution in [1.29, 1.82) is 0 Å². The largest absolute Gasteiger partial charge is 0.444 e. The Kier molecular flexibility index (Phi) is 7.62. The molecule has 1 fully saturated rings. The van der Waals surface area contributed by atoms with E-state index in [0.29, 0.717) is 25.1 Å². The number of alkyl halides is 3. The number of piperidine rings is 1. The van der Waals surface area contributed by atoms with Gasteiger partial charge in [-0.3, -0.25) is 4.79 Å². The van der Waals surface area contributed by atoms with E-state index in [-0.39, 0.29) is 12.2 Å². The van der Waals surface area contributed by atoms with Gasteiger partial charge in [0.05, 0.1) is 11.5 Å². The van der Waals surface area contributed by atoms with E-state index in [0.717, 1.165) is 17.3 Å². The number of carbonyl (C=O) groups excluding carboxylic acids is 2. The fourth-order valence-corrected chi connectivity index (χ4v) is 3.88. The third kappa shape index (κ3) is 7.10. The second-order valence-electron chi connectivity index (χ2n) is 9.60. The molecule has 0 radical (unpaired) electrons. The summed E-state index contributed by atoms with van der Waals surface area (Å²) in [5.74, 6) is -2.60. The van der Waals surface area contributed by atoms with Crippen LogP contribution in [0.3, 0.4) is 0 Å². The molecule has 2 N–H and O–H groups in total. The molecule has 0 aromatic heterocycles. The van der Waals surface area contributed by atoms with Gasteiger partial charge in [-0.05, 0) is 63.9 Å². The summed E-state index contributed by atoms with van der Waals surface area (Å²) in [4.78, 5) is 27.3. The number of carbonyl (C=O) groups is 2. The molecule has 3 rings (SSSR count). The van der Waals surface area contributed by atoms with Gasteiger partial charge >= 0.3 is 12.3 Å². The number of anilines is 2. The zero-order chi connectivity index (χ0) is 26.0. The molecule has 35 heavy (non-hydrogen) atoms. The molecule has 1 aliphatic rings. The van der Waals surface area contributed by atoms with E-state index in [2.05, 4.69) is 10.6 Å². The number of hydrogen-bond donors (Lipinski definition) is 2. The topological polar surface area (TPSA) is 70.7 Å². The third-order valence-electron chi connectivity index (χ3n) is 5.58. The summed E-state index contributed by atoms with van der Waals surface area (Å²) >= 11 is 0. The molecule has 0 aliphatic carbocycles. The Morgan fingerprint density at radius 1 is 1.09 bits per heavy atom. The number of ether oxygens (including phenoxy) is 1. The van der Waals surface area contributed by atoms with Crippen molar-refractivity contribution in [2.24, 2.45) is 5.92 Å². The van der Waals surface area contributed by atoms with Crippen molar-refractivity contribution >= 4 is 23.4 Å². The number of likely N-dealkylation sites (tertiary alicyclic amines) is 1. The smallest absolute Gasteiger partial charge is 0.416 e. The van der Waals surface area contributed by atoms with Gasteiger partial charge < -0.3 is 20.3 Å². The monoisotopic (exact) mass is 495 g/mol. The normalized spacial score (nSPS) is 18.7. The first-order chi connectivity index (χ1) is 16.2. The number of amides is 2. The SMILES string of the molecule is Cc1ccccc1N[C@H]1CCN(C(=O)OC(C)(C)C)C[C@H]1C(=O)Nc1cc(F)cc(C(F)(F)F)c1. The van der Waals surface area contributed by atoms with Crippen LogP contribution in [-0.4, -0.2) is 41.6 Å². The molecule has 2 aromatic carbocycles. The van der Waals surface area contributed by atoms with Gasteiger partial charge in [-0.2, -0.15) is 13.2 Å². The number of aryl methyl sites for hydroxylation is 1. The highest BCUT2D eigenvalue weighted by atomic mass is 19.4. The fourth-order valence-electron chi connectivity index (χ4n) is 3.88. The van der Waals surface area contributed by atoms with E-state index >= 15 is 0 Å². The van der Waals surface area contributed by atoms with Gasteiger partial charge in [0.1, 0.15) is 11.4 Å². The zero-order valence-corrected chi connectivity index (χ0v) is 20.0. The second kappa shape index (κ2) is 10.1. The first-order valence-corrected chi connectivity index (χ1v) is 11.2. The molecule has 10 heteroatoms. The Morgan fingerprint density at radius 3 is 2.40 bits per heavy atom. The van der Waals surface area contributed by atoms with Gasteiger partial charge in [0, 0.05) is 30.5 Å². The van der Waals surface area contributed by atoms with E-state index in [1.54, 1.807) is 20.8 Å². The van der Waals surface area contributed by atoms with Crippen LogP contribution in [0.5, 0.6) is 0 Å². The highest BCUT2D eigenvalue weighted by molar-refractivity contribution is 5.94. The lowest BCUT2D eigenvalue weighted by Crippen LogP contribution is -2.53. The van der Waals surface area contributed by atoms with Gasteiger partial charge in [0.15, 0.2) is 0 Å². The number of halogens is 4. The number of nitrogens with one attached hydrogen (secondary N) is 2. The van der Waals surface area contributed by atoms with Crippen LogP contribution in [0, 0.1) is 18.7 Å². The standard InChI is InChI=1S/C25H29F4N3O3/c1-15-7-5-6-8-20(15)31-21-9-10-32(23(34)35-24(2,3)4)14-19(21)22(33)30-18-12-16(25(27,28)29)11-17(26)13-18/h5-8,11-13,19,21,31H,9-10,14H2,1-4H3,(H,30,33)/t19-,21+/m1/s1. The van der Waals surface area contributed by atoms with Gasteiger partial charge in [0.25, 0.3) is 0 Å². The van der Waals surface area contributed by atoms with E-state index in [4.69, 9.17) is 4.74 Å². The van der Waals surface area contributed by atoms with Crippen molar-refractivity contribution in [1.82, 2.24) is 4.90 Å². The van der Waals surface area contributed by atoms with Crippen molar-refractivity contribution < 1.29 is 31.9 Å². The number of hydrogen-bond acceptors (Lipinski definition) is 4. The Bertz CT molecular complexity index is 1080. The molecule has 0 unspecified atom stereocenters. The quantitative estimate of drug-likeness (QED) is 0.524. The van der Waals surface area contributed by atoms with Crippen LogP contribution >= 0.6 is 0 Å². The van der Waals surface area contributed by atoms with Crippen molar-refractivity contribution in [3.8, 4) is 0 Å². The molecule has 2 atom stereocenters. The van der Waals surface area contributed by atoms with E-state index < -0.39 is 47.1 Å². The summed E-state index contributed by atoms with van der Waals surface area (Å²) in [5, 5.41) is 5.73. The van der Waals surface area contributed by atoms with Crippen LogP contribution in [-0.2, 0) is 15.7 Å². The van der Waals surface area contributed by atoms with Gasteiger partial charge in [-0.15, -0.1) is 0 Å². The van der Waals surface area contributed by atoms with Crippen LogP contribution in [0.1, 0.15) is 38.3 Å². The van der Waals surface area contributed by atoms with Gasteiger partial charge in [-0.25, -0.2) is 9.18 Å². The molecule has 0 bridgehead atoms. The predicted octanol–water partition coefficient (Wildman–Crippen LogP) is 5.83. The molecule has 2 aromatic rings. The van der Waals surface area contributed by atoms with Crippen molar-refractivity contribution in [3.05, 3.63) is 59.4 Å². The molecule has 0 spiro atoms. The van der Waals surface area contributed by atoms with Crippen molar-refractivity contribution in [3.63, 3.8) is 0 Å². The summed E-state index contributed by atoms with van der Waals surface area (Å²) in [6, 6.07) is 8.91. The number of para-hydroxylation sites is 1. The lowest BCUT2D eigenvalue weighted by Gasteiger charge is -2.39. The fraction of sp³-hybridized carbons (Fsp3) is 0.440. The molecule has 0 saturated carbocycles. The van der Waals surface area contributed by atoms with E-state index in [1.165, 1.54) is 4.90 Å². The highest BCUT2D eigenvalue weighted by Gasteiger charge is 2.38. The summed E-state index contributed by atoms with van der Waals surface area (Å²) in [6.07, 6.45) is -4.97. The van der Waals surface area contributed by atoms with Crippen molar-refractivity contribution in [2.75, 3.05) is 23.7 Å². The average Bonchev–Trinajstić information content (AvgIpc) is 2.73. The number of nitrogens with zero attached hydrogens (tertiary/aromatic N) is 1. The van der Waals surface area contributed by atoms with E-state index in [9.17, 15) is 27.2 Å². The van der Waals surface area contributed by atoms with Gasteiger partial charge in [0.2, 0.25) is 5.91 Å². The highest BCUT2D eigenvalue weighted by Crippen LogP contribution is 2.32. The van der Waals surface area contributed by atoms with Gasteiger partial charge in [-0.1, -0.05) is 18.2 Å². The number of benzene rings is 2. The molecule has 1 aliphatic heterocycles. The second-order valence-corrected chi connectivity index (χ2v) is 9.60. The minimum absolute atomic E-state index is 0.0221. The molecule has 6 nitrogen and oxygen atoms in total. The lowest BCUT2D eigenvalue weighted by atomic mass is 9.90. The maximum Gasteiger partial charge on any atom is 0.416 e. The Morgan fingerprint density at radius 2 is 1.77 bits per heavy atom. The van der Waals surface area contributed by atoms with Crippen LogP contribution < -0.4 is 10.6 Å². The van der Waals surface area contributed by atoms with Crippen LogP contribution in [0.15, 0.2) is 42.5 Å². The summed E-state index contributed by atoms with van der Waals surface area (Å²) in [6.45, 7) is 7.38. The molecule has 2 amide bonds. The maximum absolute atomic E-state index is 13.9. The lowest BCUT2D eigenvalue weighted by molar-refractivity contribution is -0.137. The van der Waals surface area contributed by atoms with E-state index in [1.807, 2.05) is 31.2 Å². The molecule has 190 valence electrons. The van der Waals surface area contributed by atoms with Crippen LogP contribution in [0.25, 0.3) is 0 Å². The predicted molar refractivity (Wildman–Crippen MR) is 125 cm³/mol. The van der Waals surface area contributed by atoms with Crippen molar-refractivity contribution in [2.45, 2.75) is 51.9 Å². The summed E-state index contributed by atoms with van der Waals surface area (Å²) in [7, 11) is 0. The first kappa shape index (κ1) is 26.3. The minimum Gasteiger partial charge on any atom is -0.444 e. The Labute approximate surface area is 201 Å². The number of rotatable bonds is 4. The average molecular weight is 496 g/mol. The third-order valence-corrected chi connectivity index (χ3v) is 5.58. The Balaban J connectivity index is 1.85.